The first-order valence-electron chi connectivity index (χ1n) is 12.9. The Kier molecular flexibility index (Phi) is 10.3. The van der Waals surface area contributed by atoms with Crippen molar-refractivity contribution in [2.75, 3.05) is 6.61 Å². The Balaban J connectivity index is 1.75. The first-order chi connectivity index (χ1) is 18.4. The smallest absolute Gasteiger partial charge is 0.416 e. The molecule has 10 heteroatoms. The highest BCUT2D eigenvalue weighted by Gasteiger charge is 2.41. The van der Waals surface area contributed by atoms with E-state index in [4.69, 9.17) is 9.47 Å². The molecule has 0 radical (unpaired) electrons. The number of alkyl halides is 6. The molecule has 0 aliphatic heterocycles. The van der Waals surface area contributed by atoms with Crippen molar-refractivity contribution in [1.82, 2.24) is 0 Å². The van der Waals surface area contributed by atoms with Gasteiger partial charge in [0.05, 0.1) is 18.1 Å². The van der Waals surface area contributed by atoms with Crippen LogP contribution >= 0.6 is 0 Å². The van der Waals surface area contributed by atoms with E-state index in [-0.39, 0.29) is 37.5 Å². The molecule has 39 heavy (non-hydrogen) atoms. The number of rotatable bonds is 11. The van der Waals surface area contributed by atoms with Crippen molar-refractivity contribution in [3.63, 3.8) is 0 Å². The summed E-state index contributed by atoms with van der Waals surface area (Å²) < 4.78 is 89.1. The lowest BCUT2D eigenvalue weighted by Crippen LogP contribution is -2.29. The van der Waals surface area contributed by atoms with Crippen LogP contribution in [0.1, 0.15) is 68.6 Å². The molecule has 2 aromatic carbocycles. The zero-order valence-electron chi connectivity index (χ0n) is 21.6. The zero-order chi connectivity index (χ0) is 28.6. The Morgan fingerprint density at radius 3 is 2.21 bits per heavy atom. The van der Waals surface area contributed by atoms with Gasteiger partial charge < -0.3 is 14.6 Å². The molecule has 1 aliphatic rings. The molecule has 1 fully saturated rings. The third-order valence-electron chi connectivity index (χ3n) is 6.86. The summed E-state index contributed by atoms with van der Waals surface area (Å²) in [4.78, 5) is 11.8. The van der Waals surface area contributed by atoms with Gasteiger partial charge in [-0.25, -0.2) is 4.79 Å². The van der Waals surface area contributed by atoms with Crippen LogP contribution < -0.4 is 9.47 Å². The van der Waals surface area contributed by atoms with Crippen molar-refractivity contribution in [3.8, 4) is 11.5 Å². The number of carbonyl (C=O) groups is 1. The van der Waals surface area contributed by atoms with Gasteiger partial charge in [-0.15, -0.1) is 0 Å². The van der Waals surface area contributed by atoms with Gasteiger partial charge in [-0.3, -0.25) is 0 Å². The molecule has 1 N–H and O–H groups in total. The number of carboxylic acids is 1. The van der Waals surface area contributed by atoms with E-state index in [9.17, 15) is 36.2 Å². The van der Waals surface area contributed by atoms with Crippen molar-refractivity contribution in [2.45, 2.75) is 70.8 Å². The Morgan fingerprint density at radius 1 is 0.974 bits per heavy atom. The Hall–Kier alpha value is -3.17. The quantitative estimate of drug-likeness (QED) is 0.221. The van der Waals surface area contributed by atoms with Gasteiger partial charge >= 0.3 is 18.3 Å². The number of halogens is 6. The lowest BCUT2D eigenvalue weighted by Gasteiger charge is -2.29. The molecule has 0 unspecified atom stereocenters. The summed E-state index contributed by atoms with van der Waals surface area (Å²) in [7, 11) is 0. The summed E-state index contributed by atoms with van der Waals surface area (Å²) in [6.07, 6.45) is -4.39. The summed E-state index contributed by atoms with van der Waals surface area (Å²) in [5.41, 5.74) is 0.315. The van der Waals surface area contributed by atoms with Gasteiger partial charge in [-0.05, 0) is 86.4 Å². The van der Waals surface area contributed by atoms with Crippen LogP contribution in [0.2, 0.25) is 0 Å². The van der Waals surface area contributed by atoms with Crippen LogP contribution in [0.5, 0.6) is 11.5 Å². The van der Waals surface area contributed by atoms with Crippen LogP contribution in [-0.2, 0) is 17.6 Å². The van der Waals surface area contributed by atoms with E-state index < -0.39 is 29.8 Å². The van der Waals surface area contributed by atoms with Gasteiger partial charge in [-0.2, -0.15) is 26.3 Å². The van der Waals surface area contributed by atoms with E-state index in [1.54, 1.807) is 18.2 Å². The van der Waals surface area contributed by atoms with E-state index >= 15 is 0 Å². The highest BCUT2D eigenvalue weighted by Crippen LogP contribution is 2.40. The topological polar surface area (TPSA) is 55.8 Å². The summed E-state index contributed by atoms with van der Waals surface area (Å²) in [5.74, 6) is -1.63. The maximum absolute atomic E-state index is 12.9. The second-order valence-corrected chi connectivity index (χ2v) is 9.83. The largest absolute Gasteiger partial charge is 0.493 e. The standard InChI is InChI=1S/C29H32F6O4/c1-2-3-4-21(27(36)37)15-22-16-25(38-17-19-5-9-23(10-6-19)28(30,31)32)13-14-26(22)39-18-20-7-11-24(12-8-20)29(33,34)35/h7-8,11-16,19,23H,2-6,9-10,17-18H2,1H3,(H,36,37)/b21-15+. The zero-order valence-corrected chi connectivity index (χ0v) is 21.6. The van der Waals surface area contributed by atoms with Gasteiger partial charge in [0.15, 0.2) is 0 Å². The van der Waals surface area contributed by atoms with Gasteiger partial charge in [0.25, 0.3) is 0 Å². The van der Waals surface area contributed by atoms with Crippen LogP contribution in [-0.4, -0.2) is 23.9 Å². The average Bonchev–Trinajstić information content (AvgIpc) is 2.88. The number of unbranched alkanes of at least 4 members (excludes halogenated alkanes) is 1. The molecule has 0 saturated heterocycles. The molecule has 1 saturated carbocycles. The van der Waals surface area contributed by atoms with Crippen LogP contribution in [0.4, 0.5) is 26.3 Å². The Labute approximate surface area is 223 Å². The first-order valence-corrected chi connectivity index (χ1v) is 12.9. The monoisotopic (exact) mass is 558 g/mol. The third kappa shape index (κ3) is 9.21. The number of ether oxygens (including phenoxy) is 2. The molecule has 1 aliphatic carbocycles. The fourth-order valence-corrected chi connectivity index (χ4v) is 4.48. The predicted molar refractivity (Wildman–Crippen MR) is 134 cm³/mol. The highest BCUT2D eigenvalue weighted by molar-refractivity contribution is 5.92. The second kappa shape index (κ2) is 13.3. The third-order valence-corrected chi connectivity index (χ3v) is 6.86. The normalized spacial score (nSPS) is 18.6. The maximum Gasteiger partial charge on any atom is 0.416 e. The molecule has 0 amide bonds. The minimum atomic E-state index is -4.45. The molecule has 0 atom stereocenters. The molecule has 0 spiro atoms. The molecule has 214 valence electrons. The van der Waals surface area contributed by atoms with Crippen molar-refractivity contribution in [2.24, 2.45) is 11.8 Å². The second-order valence-electron chi connectivity index (χ2n) is 9.83. The van der Waals surface area contributed by atoms with Crippen LogP contribution in [0.3, 0.4) is 0 Å². The van der Waals surface area contributed by atoms with E-state index in [0.717, 1.165) is 18.6 Å². The summed E-state index contributed by atoms with van der Waals surface area (Å²) in [6, 6.07) is 9.37. The van der Waals surface area contributed by atoms with Crippen molar-refractivity contribution < 1.29 is 45.7 Å². The van der Waals surface area contributed by atoms with E-state index in [1.807, 2.05) is 6.92 Å². The number of hydrogen-bond donors (Lipinski definition) is 1. The van der Waals surface area contributed by atoms with Gasteiger partial charge in [-0.1, -0.05) is 25.5 Å². The summed E-state index contributed by atoms with van der Waals surface area (Å²) in [6.45, 7) is 2.13. The minimum absolute atomic E-state index is 0.0164. The Bertz CT molecular complexity index is 1110. The average molecular weight is 559 g/mol. The van der Waals surface area contributed by atoms with Crippen molar-refractivity contribution in [1.29, 1.82) is 0 Å². The first kappa shape index (κ1) is 30.4. The number of hydrogen-bond acceptors (Lipinski definition) is 3. The van der Waals surface area contributed by atoms with Crippen molar-refractivity contribution in [3.05, 3.63) is 64.7 Å². The molecule has 0 bridgehead atoms. The van der Waals surface area contributed by atoms with Gasteiger partial charge in [0.2, 0.25) is 0 Å². The van der Waals surface area contributed by atoms with E-state index in [2.05, 4.69) is 0 Å². The SMILES string of the molecule is CCCC/C(=C\c1cc(OCC2CCC(C(F)(F)F)CC2)ccc1OCc1ccc(C(F)(F)F)cc1)C(=O)O. The number of benzene rings is 2. The number of carboxylic acid groups (broad SMARTS) is 1. The van der Waals surface area contributed by atoms with Gasteiger partial charge in [0, 0.05) is 11.1 Å². The fourth-order valence-electron chi connectivity index (χ4n) is 4.48. The maximum atomic E-state index is 12.9. The molecule has 2 aromatic rings. The van der Waals surface area contributed by atoms with E-state index in [1.165, 1.54) is 18.2 Å². The van der Waals surface area contributed by atoms with Crippen molar-refractivity contribution >= 4 is 12.0 Å². The lowest BCUT2D eigenvalue weighted by atomic mass is 9.82. The number of aliphatic carboxylic acids is 1. The van der Waals surface area contributed by atoms with Crippen LogP contribution in [0.15, 0.2) is 48.0 Å². The van der Waals surface area contributed by atoms with Gasteiger partial charge in [0.1, 0.15) is 18.1 Å². The summed E-state index contributed by atoms with van der Waals surface area (Å²) >= 11 is 0. The molecule has 0 heterocycles. The highest BCUT2D eigenvalue weighted by atomic mass is 19.4. The molecule has 3 rings (SSSR count). The molecular weight excluding hydrogens is 526 g/mol. The van der Waals surface area contributed by atoms with Crippen LogP contribution in [0, 0.1) is 11.8 Å². The molecule has 0 aromatic heterocycles. The predicted octanol–water partition coefficient (Wildman–Crippen LogP) is 8.69. The van der Waals surface area contributed by atoms with E-state index in [0.29, 0.717) is 48.3 Å². The van der Waals surface area contributed by atoms with Crippen LogP contribution in [0.25, 0.3) is 6.08 Å². The lowest BCUT2D eigenvalue weighted by molar-refractivity contribution is -0.184. The Morgan fingerprint density at radius 2 is 1.64 bits per heavy atom. The summed E-state index contributed by atoms with van der Waals surface area (Å²) in [5, 5.41) is 9.66. The molecular formula is C29H32F6O4. The minimum Gasteiger partial charge on any atom is -0.493 e. The fraction of sp³-hybridized carbons (Fsp3) is 0.483. The molecule has 4 nitrogen and oxygen atoms in total.